The number of carbonyl (C=O) groups is 3. The van der Waals surface area contributed by atoms with Crippen LogP contribution in [0.1, 0.15) is 22.8 Å². The molecule has 0 spiro atoms. The lowest BCUT2D eigenvalue weighted by Crippen LogP contribution is -2.38. The molecule has 2 rings (SSSR count). The van der Waals surface area contributed by atoms with Gasteiger partial charge < -0.3 is 25.2 Å². The van der Waals surface area contributed by atoms with Gasteiger partial charge in [0, 0.05) is 16.8 Å². The van der Waals surface area contributed by atoms with Crippen LogP contribution in [0.2, 0.25) is 0 Å². The summed E-state index contributed by atoms with van der Waals surface area (Å²) in [5, 5.41) is 13.9. The number of hydrogen-bond donors (Lipinski definition) is 3. The number of rotatable bonds is 8. The van der Waals surface area contributed by atoms with Crippen LogP contribution < -0.4 is 20.1 Å². The Morgan fingerprint density at radius 1 is 1.04 bits per heavy atom. The van der Waals surface area contributed by atoms with E-state index in [1.54, 1.807) is 37.4 Å². The predicted octanol–water partition coefficient (Wildman–Crippen LogP) is 2.09. The molecule has 0 fully saturated rings. The lowest BCUT2D eigenvalue weighted by Gasteiger charge is -2.12. The van der Waals surface area contributed by atoms with Crippen molar-refractivity contribution < 1.29 is 29.0 Å². The molecule has 1 atom stereocenters. The number of anilines is 1. The van der Waals surface area contributed by atoms with Gasteiger partial charge in [-0.1, -0.05) is 0 Å². The Bertz CT molecular complexity index is 863. The van der Waals surface area contributed by atoms with Crippen molar-refractivity contribution >= 4 is 23.5 Å². The number of carbonyl (C=O) groups excluding carboxylic acids is 2. The molecule has 0 aliphatic rings. The second-order valence-electron chi connectivity index (χ2n) is 6.01. The van der Waals surface area contributed by atoms with Crippen LogP contribution in [0.4, 0.5) is 5.69 Å². The predicted molar refractivity (Wildman–Crippen MR) is 103 cm³/mol. The summed E-state index contributed by atoms with van der Waals surface area (Å²) in [6, 6.07) is 10.4. The number of aliphatic carboxylic acids is 1. The van der Waals surface area contributed by atoms with Gasteiger partial charge in [-0.2, -0.15) is 0 Å². The van der Waals surface area contributed by atoms with Gasteiger partial charge in [-0.3, -0.25) is 14.4 Å². The number of carboxylic acid groups (broad SMARTS) is 1. The zero-order valence-electron chi connectivity index (χ0n) is 15.8. The second kappa shape index (κ2) is 9.40. The second-order valence-corrected chi connectivity index (χ2v) is 6.01. The normalized spacial score (nSPS) is 11.2. The molecule has 0 aromatic heterocycles. The van der Waals surface area contributed by atoms with Crippen LogP contribution in [-0.2, 0) is 16.0 Å². The number of hydrogen-bond acceptors (Lipinski definition) is 5. The average Bonchev–Trinajstić information content (AvgIpc) is 2.68. The Hall–Kier alpha value is -3.55. The van der Waals surface area contributed by atoms with Gasteiger partial charge in [0.1, 0.15) is 17.5 Å². The maximum Gasteiger partial charge on any atom is 0.325 e. The molecular formula is C20H22N2O6. The first-order valence-corrected chi connectivity index (χ1v) is 8.48. The minimum atomic E-state index is -1.12. The molecule has 3 N–H and O–H groups in total. The summed E-state index contributed by atoms with van der Waals surface area (Å²) in [5.74, 6) is -0.688. The fourth-order valence-corrected chi connectivity index (χ4v) is 2.44. The summed E-state index contributed by atoms with van der Waals surface area (Å²) in [4.78, 5) is 35.1. The van der Waals surface area contributed by atoms with Gasteiger partial charge in [0.05, 0.1) is 20.6 Å². The van der Waals surface area contributed by atoms with E-state index in [0.29, 0.717) is 28.3 Å². The highest BCUT2D eigenvalue weighted by Gasteiger charge is 2.15. The van der Waals surface area contributed by atoms with Crippen LogP contribution in [0, 0.1) is 0 Å². The lowest BCUT2D eigenvalue weighted by atomic mass is 10.1. The fourth-order valence-electron chi connectivity index (χ4n) is 2.44. The summed E-state index contributed by atoms with van der Waals surface area (Å²) in [6.45, 7) is 1.38. The molecule has 0 aliphatic carbocycles. The molecule has 0 radical (unpaired) electrons. The quantitative estimate of drug-likeness (QED) is 0.640. The van der Waals surface area contributed by atoms with Crippen molar-refractivity contribution in [3.8, 4) is 11.5 Å². The third-order valence-electron chi connectivity index (χ3n) is 3.99. The minimum absolute atomic E-state index is 0.0821. The zero-order valence-corrected chi connectivity index (χ0v) is 15.8. The van der Waals surface area contributed by atoms with Crippen molar-refractivity contribution in [2.24, 2.45) is 0 Å². The monoisotopic (exact) mass is 386 g/mol. The van der Waals surface area contributed by atoms with Crippen LogP contribution in [0.15, 0.2) is 42.5 Å². The molecule has 8 heteroatoms. The highest BCUT2D eigenvalue weighted by Crippen LogP contribution is 2.24. The first-order chi connectivity index (χ1) is 13.3. The number of nitrogens with one attached hydrogen (secondary N) is 2. The molecule has 1 unspecified atom stereocenters. The maximum absolute atomic E-state index is 12.3. The van der Waals surface area contributed by atoms with Gasteiger partial charge in [0.2, 0.25) is 5.91 Å². The molecule has 8 nitrogen and oxygen atoms in total. The standard InChI is InChI=1S/C20H22N2O6/c1-12(20(25)26)21-19(24)13-4-6-15(7-5-13)22-18(23)11-14-10-16(27-2)8-9-17(14)28-3/h4-10,12H,11H2,1-3H3,(H,21,24)(H,22,23)(H,25,26). The molecule has 0 aliphatic heterocycles. The Morgan fingerprint density at radius 2 is 1.71 bits per heavy atom. The summed E-state index contributed by atoms with van der Waals surface area (Å²) >= 11 is 0. The Kier molecular flexibility index (Phi) is 6.97. The van der Waals surface area contributed by atoms with E-state index < -0.39 is 17.9 Å². The van der Waals surface area contributed by atoms with E-state index in [-0.39, 0.29) is 12.3 Å². The van der Waals surface area contributed by atoms with Gasteiger partial charge in [-0.05, 0) is 49.4 Å². The van der Waals surface area contributed by atoms with Gasteiger partial charge in [0.15, 0.2) is 0 Å². The topological polar surface area (TPSA) is 114 Å². The highest BCUT2D eigenvalue weighted by atomic mass is 16.5. The van der Waals surface area contributed by atoms with E-state index in [1.807, 2.05) is 0 Å². The van der Waals surface area contributed by atoms with Crippen LogP contribution in [-0.4, -0.2) is 43.2 Å². The summed E-state index contributed by atoms with van der Waals surface area (Å²) in [6.07, 6.45) is 0.0821. The van der Waals surface area contributed by atoms with Crippen molar-refractivity contribution in [3.63, 3.8) is 0 Å². The Morgan fingerprint density at radius 3 is 2.29 bits per heavy atom. The zero-order chi connectivity index (χ0) is 20.7. The molecule has 2 aromatic carbocycles. The highest BCUT2D eigenvalue weighted by molar-refractivity contribution is 5.97. The van der Waals surface area contributed by atoms with Crippen LogP contribution in [0.3, 0.4) is 0 Å². The van der Waals surface area contributed by atoms with E-state index in [0.717, 1.165) is 0 Å². The first-order valence-electron chi connectivity index (χ1n) is 8.48. The first kappa shape index (κ1) is 20.8. The molecule has 0 heterocycles. The molecule has 148 valence electrons. The molecule has 28 heavy (non-hydrogen) atoms. The molecule has 0 bridgehead atoms. The van der Waals surface area contributed by atoms with E-state index >= 15 is 0 Å². The van der Waals surface area contributed by atoms with E-state index in [1.165, 1.54) is 26.2 Å². The Balaban J connectivity index is 2.01. The molecule has 2 aromatic rings. The average molecular weight is 386 g/mol. The molecule has 2 amide bonds. The molecule has 0 saturated heterocycles. The van der Waals surface area contributed by atoms with Gasteiger partial charge in [0.25, 0.3) is 5.91 Å². The SMILES string of the molecule is COc1ccc(OC)c(CC(=O)Nc2ccc(C(=O)NC(C)C(=O)O)cc2)c1. The number of amides is 2. The van der Waals surface area contributed by atoms with E-state index in [4.69, 9.17) is 14.6 Å². The number of benzene rings is 2. The largest absolute Gasteiger partial charge is 0.497 e. The van der Waals surface area contributed by atoms with Crippen LogP contribution in [0.5, 0.6) is 11.5 Å². The number of carboxylic acids is 1. The molecular weight excluding hydrogens is 364 g/mol. The van der Waals surface area contributed by atoms with Gasteiger partial charge >= 0.3 is 5.97 Å². The molecule has 0 saturated carbocycles. The van der Waals surface area contributed by atoms with Gasteiger partial charge in [-0.15, -0.1) is 0 Å². The number of methoxy groups -OCH3 is 2. The number of ether oxygens (including phenoxy) is 2. The summed E-state index contributed by atoms with van der Waals surface area (Å²) in [5.41, 5.74) is 1.48. The maximum atomic E-state index is 12.3. The Labute approximate surface area is 162 Å². The van der Waals surface area contributed by atoms with Crippen molar-refractivity contribution in [3.05, 3.63) is 53.6 Å². The fraction of sp³-hybridized carbons (Fsp3) is 0.250. The smallest absolute Gasteiger partial charge is 0.325 e. The van der Waals surface area contributed by atoms with Crippen LogP contribution in [0.25, 0.3) is 0 Å². The summed E-state index contributed by atoms with van der Waals surface area (Å²) in [7, 11) is 3.07. The van der Waals surface area contributed by atoms with E-state index in [2.05, 4.69) is 10.6 Å². The third kappa shape index (κ3) is 5.47. The summed E-state index contributed by atoms with van der Waals surface area (Å²) < 4.78 is 10.4. The van der Waals surface area contributed by atoms with Crippen LogP contribution >= 0.6 is 0 Å². The lowest BCUT2D eigenvalue weighted by molar-refractivity contribution is -0.138. The van der Waals surface area contributed by atoms with E-state index in [9.17, 15) is 14.4 Å². The van der Waals surface area contributed by atoms with Gasteiger partial charge in [-0.25, -0.2) is 0 Å². The third-order valence-corrected chi connectivity index (χ3v) is 3.99. The van der Waals surface area contributed by atoms with Crippen molar-refractivity contribution in [2.75, 3.05) is 19.5 Å². The van der Waals surface area contributed by atoms with Crippen molar-refractivity contribution in [1.82, 2.24) is 5.32 Å². The van der Waals surface area contributed by atoms with Crippen molar-refractivity contribution in [2.45, 2.75) is 19.4 Å². The van der Waals surface area contributed by atoms with Crippen molar-refractivity contribution in [1.29, 1.82) is 0 Å². The minimum Gasteiger partial charge on any atom is -0.497 e.